The van der Waals surface area contributed by atoms with E-state index in [4.69, 9.17) is 12.2 Å². The van der Waals surface area contributed by atoms with Crippen molar-refractivity contribution in [2.45, 2.75) is 19.4 Å². The third-order valence-corrected chi connectivity index (χ3v) is 3.70. The smallest absolute Gasteiger partial charge is 0.278 e. The van der Waals surface area contributed by atoms with Crippen molar-refractivity contribution in [1.29, 1.82) is 0 Å². The Morgan fingerprint density at radius 1 is 1.05 bits per heavy atom. The lowest BCUT2D eigenvalue weighted by molar-refractivity contribution is -0.114. The molecule has 2 rings (SSSR count). The van der Waals surface area contributed by atoms with Crippen molar-refractivity contribution in [3.63, 3.8) is 0 Å². The minimum Gasteiger partial charge on any atom is -0.365 e. The van der Waals surface area contributed by atoms with Crippen LogP contribution >= 0.6 is 12.2 Å². The molecule has 0 saturated heterocycles. The van der Waals surface area contributed by atoms with Gasteiger partial charge in [-0.1, -0.05) is 72.9 Å². The first kappa shape index (κ1) is 16.2. The number of thiocarbonyl (C=S) groups is 1. The summed E-state index contributed by atoms with van der Waals surface area (Å²) in [5, 5.41) is 5.91. The molecule has 0 saturated carbocycles. The lowest BCUT2D eigenvalue weighted by Gasteiger charge is -2.16. The Morgan fingerprint density at radius 2 is 1.64 bits per heavy atom. The van der Waals surface area contributed by atoms with Gasteiger partial charge in [0.25, 0.3) is 5.91 Å². The molecule has 2 aromatic rings. The molecule has 0 aliphatic heterocycles. The van der Waals surface area contributed by atoms with Gasteiger partial charge in [0, 0.05) is 12.6 Å². The largest absolute Gasteiger partial charge is 0.365 e. The molecule has 0 heterocycles. The van der Waals surface area contributed by atoms with E-state index < -0.39 is 0 Å². The molecule has 0 fully saturated rings. The minimum absolute atomic E-state index is 0.00794. The first-order valence-corrected chi connectivity index (χ1v) is 7.75. The molecule has 0 spiro atoms. The van der Waals surface area contributed by atoms with Crippen LogP contribution in [0.2, 0.25) is 0 Å². The van der Waals surface area contributed by atoms with E-state index in [-0.39, 0.29) is 16.9 Å². The molecule has 2 N–H and O–H groups in total. The van der Waals surface area contributed by atoms with Gasteiger partial charge in [-0.25, -0.2) is 0 Å². The topological polar surface area (TPSA) is 41.1 Å². The summed E-state index contributed by atoms with van der Waals surface area (Å²) in [7, 11) is 0. The molecule has 0 aliphatic carbocycles. The highest BCUT2D eigenvalue weighted by molar-refractivity contribution is 7.82. The molecule has 1 amide bonds. The Labute approximate surface area is 136 Å². The summed E-state index contributed by atoms with van der Waals surface area (Å²) in [5.74, 6) is -0.228. The van der Waals surface area contributed by atoms with Gasteiger partial charge in [-0.15, -0.1) is 0 Å². The number of carbonyl (C=O) groups excluding carboxylic acids is 1. The normalized spacial score (nSPS) is 11.5. The van der Waals surface area contributed by atoms with E-state index in [1.807, 2.05) is 67.6 Å². The number of amides is 1. The summed E-state index contributed by atoms with van der Waals surface area (Å²) in [4.78, 5) is 12.2. The molecular formula is C18H20N2OS. The molecule has 0 aromatic heterocycles. The van der Waals surface area contributed by atoms with Crippen molar-refractivity contribution in [2.24, 2.45) is 0 Å². The van der Waals surface area contributed by atoms with Crippen LogP contribution in [0.1, 0.15) is 24.1 Å². The number of rotatable bonds is 5. The van der Waals surface area contributed by atoms with Gasteiger partial charge in [-0.2, -0.15) is 0 Å². The summed E-state index contributed by atoms with van der Waals surface area (Å²) < 4.78 is 0. The number of hydrogen-bond acceptors (Lipinski definition) is 2. The first-order valence-electron chi connectivity index (χ1n) is 7.34. The second kappa shape index (κ2) is 8.29. The van der Waals surface area contributed by atoms with E-state index in [9.17, 15) is 4.79 Å². The molecule has 1 atom stereocenters. The van der Waals surface area contributed by atoms with Crippen molar-refractivity contribution in [1.82, 2.24) is 10.6 Å². The zero-order valence-corrected chi connectivity index (χ0v) is 13.4. The summed E-state index contributed by atoms with van der Waals surface area (Å²) >= 11 is 5.16. The first-order chi connectivity index (χ1) is 10.7. The van der Waals surface area contributed by atoms with Gasteiger partial charge in [0.15, 0.2) is 4.99 Å². The van der Waals surface area contributed by atoms with E-state index in [1.54, 1.807) is 0 Å². The van der Waals surface area contributed by atoms with E-state index in [0.717, 1.165) is 12.0 Å². The predicted octanol–water partition coefficient (Wildman–Crippen LogP) is 3.02. The van der Waals surface area contributed by atoms with Crippen LogP contribution in [0, 0.1) is 0 Å². The summed E-state index contributed by atoms with van der Waals surface area (Å²) in [5.41, 5.74) is 2.29. The van der Waals surface area contributed by atoms with E-state index in [1.165, 1.54) is 5.56 Å². The molecule has 0 radical (unpaired) electrons. The van der Waals surface area contributed by atoms with Gasteiger partial charge < -0.3 is 10.6 Å². The third kappa shape index (κ3) is 4.97. The molecule has 0 unspecified atom stereocenters. The van der Waals surface area contributed by atoms with Gasteiger partial charge in [0.05, 0.1) is 0 Å². The maximum atomic E-state index is 12.0. The monoisotopic (exact) mass is 312 g/mol. The van der Waals surface area contributed by atoms with Crippen LogP contribution in [0.3, 0.4) is 0 Å². The van der Waals surface area contributed by atoms with Crippen LogP contribution in [0.25, 0.3) is 0 Å². The van der Waals surface area contributed by atoms with Crippen LogP contribution in [-0.4, -0.2) is 17.4 Å². The van der Waals surface area contributed by atoms with Crippen LogP contribution in [-0.2, 0) is 11.2 Å². The standard InChI is InChI=1S/C18H20N2OS/c1-14(16-10-6-3-7-11-16)20-18(22)17(21)19-13-12-15-8-4-2-5-9-15/h2-11,14H,12-13H2,1H3,(H,19,21)(H,20,22)/t14-/m1/s1. The van der Waals surface area contributed by atoms with Crippen LogP contribution in [0.5, 0.6) is 0 Å². The minimum atomic E-state index is -0.228. The number of carbonyl (C=O) groups is 1. The van der Waals surface area contributed by atoms with Gasteiger partial charge in [-0.05, 0) is 24.5 Å². The molecule has 22 heavy (non-hydrogen) atoms. The van der Waals surface area contributed by atoms with Gasteiger partial charge in [0.2, 0.25) is 0 Å². The molecular weight excluding hydrogens is 292 g/mol. The van der Waals surface area contributed by atoms with Crippen LogP contribution in [0.15, 0.2) is 60.7 Å². The van der Waals surface area contributed by atoms with Crippen molar-refractivity contribution in [2.75, 3.05) is 6.54 Å². The van der Waals surface area contributed by atoms with Crippen molar-refractivity contribution in [3.8, 4) is 0 Å². The lowest BCUT2D eigenvalue weighted by Crippen LogP contribution is -2.40. The average molecular weight is 312 g/mol. The maximum absolute atomic E-state index is 12.0. The number of hydrogen-bond donors (Lipinski definition) is 2. The molecule has 3 nitrogen and oxygen atoms in total. The average Bonchev–Trinajstić information content (AvgIpc) is 2.56. The Kier molecular flexibility index (Phi) is 6.10. The lowest BCUT2D eigenvalue weighted by atomic mass is 10.1. The van der Waals surface area contributed by atoms with Gasteiger partial charge in [-0.3, -0.25) is 4.79 Å². The third-order valence-electron chi connectivity index (χ3n) is 3.40. The Balaban J connectivity index is 1.76. The van der Waals surface area contributed by atoms with E-state index >= 15 is 0 Å². The van der Waals surface area contributed by atoms with Crippen LogP contribution < -0.4 is 10.6 Å². The fourth-order valence-electron chi connectivity index (χ4n) is 2.13. The molecule has 4 heteroatoms. The van der Waals surface area contributed by atoms with Crippen LogP contribution in [0.4, 0.5) is 0 Å². The molecule has 0 bridgehead atoms. The highest BCUT2D eigenvalue weighted by Gasteiger charge is 2.12. The SMILES string of the molecule is C[C@@H](NC(=S)C(=O)NCCc1ccccc1)c1ccccc1. The molecule has 114 valence electrons. The summed E-state index contributed by atoms with van der Waals surface area (Å²) in [6.07, 6.45) is 0.795. The zero-order valence-electron chi connectivity index (χ0n) is 12.6. The van der Waals surface area contributed by atoms with Crippen molar-refractivity contribution < 1.29 is 4.79 Å². The number of nitrogens with one attached hydrogen (secondary N) is 2. The van der Waals surface area contributed by atoms with Gasteiger partial charge >= 0.3 is 0 Å². The van der Waals surface area contributed by atoms with E-state index in [0.29, 0.717) is 6.54 Å². The Bertz CT molecular complexity index is 613. The van der Waals surface area contributed by atoms with Crippen molar-refractivity contribution >= 4 is 23.1 Å². The summed E-state index contributed by atoms with van der Waals surface area (Å²) in [6.45, 7) is 2.56. The summed E-state index contributed by atoms with van der Waals surface area (Å²) in [6, 6.07) is 20.0. The second-order valence-electron chi connectivity index (χ2n) is 5.10. The Hall–Kier alpha value is -2.20. The molecule has 2 aromatic carbocycles. The number of benzene rings is 2. The Morgan fingerprint density at radius 3 is 2.27 bits per heavy atom. The highest BCUT2D eigenvalue weighted by Crippen LogP contribution is 2.10. The highest BCUT2D eigenvalue weighted by atomic mass is 32.1. The van der Waals surface area contributed by atoms with Gasteiger partial charge in [0.1, 0.15) is 0 Å². The quantitative estimate of drug-likeness (QED) is 0.834. The zero-order chi connectivity index (χ0) is 15.8. The van der Waals surface area contributed by atoms with Crippen molar-refractivity contribution in [3.05, 3.63) is 71.8 Å². The van der Waals surface area contributed by atoms with E-state index in [2.05, 4.69) is 10.6 Å². The second-order valence-corrected chi connectivity index (χ2v) is 5.51. The fourth-order valence-corrected chi connectivity index (χ4v) is 2.38. The predicted molar refractivity (Wildman–Crippen MR) is 93.7 cm³/mol. The molecule has 0 aliphatic rings. The maximum Gasteiger partial charge on any atom is 0.278 e. The fraction of sp³-hybridized carbons (Fsp3) is 0.222.